The predicted octanol–water partition coefficient (Wildman–Crippen LogP) is 0.915. The highest BCUT2D eigenvalue weighted by molar-refractivity contribution is 7.89. The average molecular weight is 317 g/mol. The van der Waals surface area contributed by atoms with Crippen LogP contribution in [-0.2, 0) is 10.0 Å². The molecule has 0 aromatic heterocycles. The standard InChI is InChI=1S/C13H16FNO5S/c1-8(16)10-4-5-15(7-10)21(19,20)12-3-2-9(13(17)18)6-11(12)14/h2-3,6,8,10,16H,4-5,7H2,1H3,(H,17,18). The van der Waals surface area contributed by atoms with E-state index in [1.807, 2.05) is 0 Å². The van der Waals surface area contributed by atoms with E-state index in [-0.39, 0.29) is 24.6 Å². The predicted molar refractivity (Wildman–Crippen MR) is 71.9 cm³/mol. The van der Waals surface area contributed by atoms with Crippen molar-refractivity contribution in [2.75, 3.05) is 13.1 Å². The Balaban J connectivity index is 2.31. The number of rotatable bonds is 4. The van der Waals surface area contributed by atoms with E-state index < -0.39 is 32.8 Å². The normalized spacial score (nSPS) is 21.4. The Kier molecular flexibility index (Phi) is 4.31. The monoisotopic (exact) mass is 317 g/mol. The number of hydrogen-bond donors (Lipinski definition) is 2. The zero-order chi connectivity index (χ0) is 15.8. The molecule has 0 saturated carbocycles. The van der Waals surface area contributed by atoms with Crippen LogP contribution < -0.4 is 0 Å². The summed E-state index contributed by atoms with van der Waals surface area (Å²) in [6, 6.07) is 2.71. The fourth-order valence-electron chi connectivity index (χ4n) is 2.35. The smallest absolute Gasteiger partial charge is 0.335 e. The molecular weight excluding hydrogens is 301 g/mol. The number of hydrogen-bond acceptors (Lipinski definition) is 4. The summed E-state index contributed by atoms with van der Waals surface area (Å²) < 4.78 is 39.7. The molecule has 1 saturated heterocycles. The Morgan fingerprint density at radius 3 is 2.62 bits per heavy atom. The minimum Gasteiger partial charge on any atom is -0.478 e. The van der Waals surface area contributed by atoms with E-state index in [2.05, 4.69) is 0 Å². The van der Waals surface area contributed by atoms with Gasteiger partial charge in [-0.15, -0.1) is 0 Å². The molecule has 0 radical (unpaired) electrons. The SMILES string of the molecule is CC(O)C1CCN(S(=O)(=O)c2ccc(C(=O)O)cc2F)C1. The maximum Gasteiger partial charge on any atom is 0.335 e. The molecule has 0 bridgehead atoms. The highest BCUT2D eigenvalue weighted by Crippen LogP contribution is 2.27. The number of halogens is 1. The van der Waals surface area contributed by atoms with Crippen LogP contribution in [0.1, 0.15) is 23.7 Å². The fourth-order valence-corrected chi connectivity index (χ4v) is 3.91. The Morgan fingerprint density at radius 1 is 1.48 bits per heavy atom. The molecule has 1 aliphatic heterocycles. The topological polar surface area (TPSA) is 94.9 Å². The van der Waals surface area contributed by atoms with Gasteiger partial charge in [-0.3, -0.25) is 0 Å². The van der Waals surface area contributed by atoms with E-state index in [9.17, 15) is 22.7 Å². The molecule has 0 spiro atoms. The minimum absolute atomic E-state index is 0.125. The zero-order valence-corrected chi connectivity index (χ0v) is 12.2. The number of sulfonamides is 1. The number of carboxylic acids is 1. The Bertz CT molecular complexity index is 659. The largest absolute Gasteiger partial charge is 0.478 e. The Labute approximate surface area is 121 Å². The molecule has 21 heavy (non-hydrogen) atoms. The summed E-state index contributed by atoms with van der Waals surface area (Å²) in [6.45, 7) is 1.92. The van der Waals surface area contributed by atoms with Crippen LogP contribution in [0.4, 0.5) is 4.39 Å². The molecule has 6 nitrogen and oxygen atoms in total. The van der Waals surface area contributed by atoms with E-state index in [1.165, 1.54) is 0 Å². The molecule has 1 aromatic carbocycles. The lowest BCUT2D eigenvalue weighted by atomic mass is 10.0. The van der Waals surface area contributed by atoms with Crippen LogP contribution in [-0.4, -0.2) is 48.1 Å². The number of aliphatic hydroxyl groups excluding tert-OH is 1. The third-order valence-corrected chi connectivity index (χ3v) is 5.56. The number of aromatic carboxylic acids is 1. The number of aliphatic hydroxyl groups is 1. The van der Waals surface area contributed by atoms with Crippen molar-refractivity contribution < 1.29 is 27.8 Å². The van der Waals surface area contributed by atoms with Crippen molar-refractivity contribution >= 4 is 16.0 Å². The second-order valence-corrected chi connectivity index (χ2v) is 7.01. The maximum atomic E-state index is 13.9. The lowest BCUT2D eigenvalue weighted by Gasteiger charge is -2.18. The van der Waals surface area contributed by atoms with Crippen LogP contribution >= 0.6 is 0 Å². The van der Waals surface area contributed by atoms with E-state index in [1.54, 1.807) is 6.92 Å². The second kappa shape index (κ2) is 5.70. The number of benzene rings is 1. The molecule has 2 rings (SSSR count). The van der Waals surface area contributed by atoms with E-state index >= 15 is 0 Å². The molecule has 0 aliphatic carbocycles. The summed E-state index contributed by atoms with van der Waals surface area (Å²) in [5.74, 6) is -2.59. The van der Waals surface area contributed by atoms with Crippen LogP contribution in [0.3, 0.4) is 0 Å². The van der Waals surface area contributed by atoms with Crippen molar-refractivity contribution in [2.45, 2.75) is 24.3 Å². The number of carbonyl (C=O) groups is 1. The highest BCUT2D eigenvalue weighted by Gasteiger charge is 2.35. The summed E-state index contributed by atoms with van der Waals surface area (Å²) in [7, 11) is -4.02. The van der Waals surface area contributed by atoms with E-state index in [0.717, 1.165) is 16.4 Å². The van der Waals surface area contributed by atoms with Crippen molar-refractivity contribution in [3.63, 3.8) is 0 Å². The van der Waals surface area contributed by atoms with Crippen LogP contribution in [0.15, 0.2) is 23.1 Å². The zero-order valence-electron chi connectivity index (χ0n) is 11.4. The van der Waals surface area contributed by atoms with Gasteiger partial charge in [-0.05, 0) is 37.5 Å². The average Bonchev–Trinajstić information content (AvgIpc) is 2.88. The summed E-state index contributed by atoms with van der Waals surface area (Å²) in [5.41, 5.74) is -0.310. The lowest BCUT2D eigenvalue weighted by Crippen LogP contribution is -2.31. The fraction of sp³-hybridized carbons (Fsp3) is 0.462. The van der Waals surface area contributed by atoms with Crippen LogP contribution in [0.2, 0.25) is 0 Å². The van der Waals surface area contributed by atoms with Gasteiger partial charge in [0.15, 0.2) is 0 Å². The Morgan fingerprint density at radius 2 is 2.14 bits per heavy atom. The summed E-state index contributed by atoms with van der Waals surface area (Å²) in [4.78, 5) is 10.2. The van der Waals surface area contributed by atoms with Gasteiger partial charge in [0, 0.05) is 13.1 Å². The molecule has 0 amide bonds. The third-order valence-electron chi connectivity index (χ3n) is 3.67. The maximum absolute atomic E-state index is 13.9. The highest BCUT2D eigenvalue weighted by atomic mass is 32.2. The summed E-state index contributed by atoms with van der Waals surface area (Å²) in [5, 5.41) is 18.3. The van der Waals surface area contributed by atoms with Crippen molar-refractivity contribution in [1.82, 2.24) is 4.31 Å². The molecule has 1 aromatic rings. The van der Waals surface area contributed by atoms with Crippen molar-refractivity contribution in [1.29, 1.82) is 0 Å². The van der Waals surface area contributed by atoms with E-state index in [0.29, 0.717) is 12.5 Å². The Hall–Kier alpha value is -1.51. The first kappa shape index (κ1) is 15.9. The van der Waals surface area contributed by atoms with Gasteiger partial charge in [0.05, 0.1) is 11.7 Å². The molecule has 2 N–H and O–H groups in total. The minimum atomic E-state index is -4.02. The molecule has 1 heterocycles. The van der Waals surface area contributed by atoms with Gasteiger partial charge in [0.2, 0.25) is 10.0 Å². The van der Waals surface area contributed by atoms with Crippen LogP contribution in [0, 0.1) is 11.7 Å². The van der Waals surface area contributed by atoms with Crippen molar-refractivity contribution in [2.24, 2.45) is 5.92 Å². The van der Waals surface area contributed by atoms with Gasteiger partial charge in [0.1, 0.15) is 10.7 Å². The van der Waals surface area contributed by atoms with Gasteiger partial charge in [-0.1, -0.05) is 0 Å². The molecule has 8 heteroatoms. The first-order valence-electron chi connectivity index (χ1n) is 6.44. The first-order chi connectivity index (χ1) is 9.73. The van der Waals surface area contributed by atoms with Gasteiger partial charge >= 0.3 is 5.97 Å². The van der Waals surface area contributed by atoms with Gasteiger partial charge in [0.25, 0.3) is 0 Å². The van der Waals surface area contributed by atoms with E-state index in [4.69, 9.17) is 5.11 Å². The molecule has 1 aliphatic rings. The molecule has 2 unspecified atom stereocenters. The molecule has 1 fully saturated rings. The quantitative estimate of drug-likeness (QED) is 0.861. The first-order valence-corrected chi connectivity index (χ1v) is 7.88. The summed E-state index contributed by atoms with van der Waals surface area (Å²) >= 11 is 0. The summed E-state index contributed by atoms with van der Waals surface area (Å²) in [6.07, 6.45) is -0.129. The van der Waals surface area contributed by atoms with Crippen LogP contribution in [0.5, 0.6) is 0 Å². The molecule has 116 valence electrons. The lowest BCUT2D eigenvalue weighted by molar-refractivity contribution is 0.0696. The van der Waals surface area contributed by atoms with Crippen molar-refractivity contribution in [3.05, 3.63) is 29.6 Å². The van der Waals surface area contributed by atoms with Gasteiger partial charge in [-0.25, -0.2) is 17.6 Å². The number of nitrogens with zero attached hydrogens (tertiary/aromatic N) is 1. The van der Waals surface area contributed by atoms with Crippen molar-refractivity contribution in [3.8, 4) is 0 Å². The number of carboxylic acid groups (broad SMARTS) is 1. The molecular formula is C13H16FNO5S. The van der Waals surface area contributed by atoms with Gasteiger partial charge < -0.3 is 10.2 Å². The van der Waals surface area contributed by atoms with Gasteiger partial charge in [-0.2, -0.15) is 4.31 Å². The van der Waals surface area contributed by atoms with Crippen LogP contribution in [0.25, 0.3) is 0 Å². The third kappa shape index (κ3) is 3.07. The molecule has 2 atom stereocenters. The second-order valence-electron chi connectivity index (χ2n) is 5.10.